The molecule has 0 N–H and O–H groups in total. The van der Waals surface area contributed by atoms with E-state index in [-0.39, 0.29) is 6.98 Å². The van der Waals surface area contributed by atoms with Gasteiger partial charge in [-0.1, -0.05) is 24.9 Å². The molecule has 0 atom stereocenters. The Morgan fingerprint density at radius 3 is 2.77 bits per heavy atom. The molecule has 4 rings (SSSR count). The minimum atomic E-state index is 0.0106. The van der Waals surface area contributed by atoms with Gasteiger partial charge in [0, 0.05) is 29.6 Å². The molecule has 1 aliphatic heterocycles. The van der Waals surface area contributed by atoms with Gasteiger partial charge in [0.1, 0.15) is 16.7 Å². The zero-order valence-corrected chi connectivity index (χ0v) is 15.9. The number of rotatable bonds is 4. The molecule has 3 heterocycles. The first kappa shape index (κ1) is 17.0. The summed E-state index contributed by atoms with van der Waals surface area (Å²) in [7, 11) is 1.68. The highest BCUT2D eigenvalue weighted by Crippen LogP contribution is 2.43. The van der Waals surface area contributed by atoms with Gasteiger partial charge < -0.3 is 9.55 Å². The molecule has 0 fully saturated rings. The van der Waals surface area contributed by atoms with E-state index in [4.69, 9.17) is 16.3 Å². The molecule has 132 valence electrons. The summed E-state index contributed by atoms with van der Waals surface area (Å²) >= 11 is 6.27. The Morgan fingerprint density at radius 1 is 1.19 bits per heavy atom. The van der Waals surface area contributed by atoms with Crippen LogP contribution in [0.5, 0.6) is 5.75 Å². The lowest BCUT2D eigenvalue weighted by Gasteiger charge is -2.36. The minimum Gasteiger partial charge on any atom is -0.497 e. The number of hydrogen-bond donors (Lipinski definition) is 0. The van der Waals surface area contributed by atoms with Crippen LogP contribution >= 0.6 is 11.6 Å². The van der Waals surface area contributed by atoms with Gasteiger partial charge in [-0.05, 0) is 43.1 Å². The maximum absolute atomic E-state index is 6.27. The fourth-order valence-corrected chi connectivity index (χ4v) is 3.74. The van der Waals surface area contributed by atoms with E-state index < -0.39 is 0 Å². The van der Waals surface area contributed by atoms with E-state index in [0.29, 0.717) is 5.15 Å². The number of aryl methyl sites for hydroxylation is 1. The van der Waals surface area contributed by atoms with Crippen LogP contribution in [-0.4, -0.2) is 28.8 Å². The topological polar surface area (TPSA) is 43.2 Å². The van der Waals surface area contributed by atoms with Crippen LogP contribution in [0.2, 0.25) is 11.5 Å². The molecule has 0 aliphatic carbocycles. The smallest absolute Gasteiger partial charge is 0.404 e. The van der Waals surface area contributed by atoms with Crippen molar-refractivity contribution in [2.45, 2.75) is 26.6 Å². The Hall–Kier alpha value is -2.47. The average Bonchev–Trinajstić information content (AvgIpc) is 3.03. The Morgan fingerprint density at radius 2 is 2.04 bits per heavy atom. The first-order valence-electron chi connectivity index (χ1n) is 8.77. The molecule has 0 bridgehead atoms. The largest absolute Gasteiger partial charge is 0.497 e. The SMILES string of the molecule is CCCB1N(c2cc(C)ccn2)c2cc(OC)ccc2-c2cc(Cl)nn21. The number of anilines is 2. The van der Waals surface area contributed by atoms with Gasteiger partial charge in [-0.15, -0.1) is 0 Å². The third-order valence-electron chi connectivity index (χ3n) is 4.72. The van der Waals surface area contributed by atoms with Crippen molar-refractivity contribution in [3.63, 3.8) is 0 Å². The Balaban J connectivity index is 1.99. The van der Waals surface area contributed by atoms with Gasteiger partial charge in [0.25, 0.3) is 0 Å². The lowest BCUT2D eigenvalue weighted by molar-refractivity contribution is 0.415. The van der Waals surface area contributed by atoms with Crippen LogP contribution in [0.15, 0.2) is 42.6 Å². The molecule has 0 amide bonds. The van der Waals surface area contributed by atoms with Gasteiger partial charge in [0.05, 0.1) is 12.8 Å². The number of methoxy groups -OCH3 is 1. The lowest BCUT2D eigenvalue weighted by atomic mass is 9.66. The maximum Gasteiger partial charge on any atom is 0.404 e. The predicted molar refractivity (Wildman–Crippen MR) is 107 cm³/mol. The summed E-state index contributed by atoms with van der Waals surface area (Å²) < 4.78 is 7.50. The maximum atomic E-state index is 6.27. The standard InChI is InChI=1S/C19H20BClN4O/c1-4-8-20-24(19-10-13(2)7-9-22-19)16-11-14(26-3)5-6-15(16)17-12-18(21)23-25(17)20/h5-7,9-12H,4,8H2,1-3H3. The van der Waals surface area contributed by atoms with E-state index in [1.807, 2.05) is 29.0 Å². The molecule has 0 unspecified atom stereocenters. The van der Waals surface area contributed by atoms with Crippen molar-refractivity contribution in [2.75, 3.05) is 11.9 Å². The van der Waals surface area contributed by atoms with E-state index in [1.54, 1.807) is 7.11 Å². The van der Waals surface area contributed by atoms with E-state index >= 15 is 0 Å². The van der Waals surface area contributed by atoms with E-state index in [0.717, 1.165) is 41.3 Å². The van der Waals surface area contributed by atoms with Crippen molar-refractivity contribution in [3.05, 3.63) is 53.3 Å². The molecule has 1 aromatic carbocycles. The summed E-state index contributed by atoms with van der Waals surface area (Å²) in [6.07, 6.45) is 3.79. The second-order valence-electron chi connectivity index (χ2n) is 6.51. The van der Waals surface area contributed by atoms with Crippen LogP contribution in [0, 0.1) is 6.92 Å². The number of aromatic nitrogens is 3. The van der Waals surface area contributed by atoms with Crippen molar-refractivity contribution in [1.82, 2.24) is 14.7 Å². The molecular weight excluding hydrogens is 347 g/mol. The minimum absolute atomic E-state index is 0.0106. The number of hydrogen-bond acceptors (Lipinski definition) is 4. The number of fused-ring (bicyclic) bond motifs is 3. The molecule has 1 aliphatic rings. The third-order valence-corrected chi connectivity index (χ3v) is 4.91. The van der Waals surface area contributed by atoms with Gasteiger partial charge in [-0.25, -0.2) is 4.98 Å². The van der Waals surface area contributed by atoms with Crippen LogP contribution in [0.4, 0.5) is 11.5 Å². The number of halogens is 1. The highest BCUT2D eigenvalue weighted by atomic mass is 35.5. The van der Waals surface area contributed by atoms with E-state index in [1.165, 1.54) is 5.56 Å². The van der Waals surface area contributed by atoms with Crippen molar-refractivity contribution < 1.29 is 4.74 Å². The van der Waals surface area contributed by atoms with E-state index in [2.05, 4.69) is 46.9 Å². The van der Waals surface area contributed by atoms with Gasteiger partial charge in [-0.3, -0.25) is 4.59 Å². The number of pyridine rings is 1. The molecule has 0 spiro atoms. The normalized spacial score (nSPS) is 12.8. The van der Waals surface area contributed by atoms with Crippen LogP contribution < -0.4 is 9.55 Å². The van der Waals surface area contributed by atoms with E-state index in [9.17, 15) is 0 Å². The molecular formula is C19H20BClN4O. The highest BCUT2D eigenvalue weighted by molar-refractivity contribution is 6.64. The second kappa shape index (κ2) is 6.69. The van der Waals surface area contributed by atoms with Gasteiger partial charge in [0.15, 0.2) is 0 Å². The molecule has 26 heavy (non-hydrogen) atoms. The molecule has 0 saturated heterocycles. The summed E-state index contributed by atoms with van der Waals surface area (Å²) in [6, 6.07) is 12.1. The Kier molecular flexibility index (Phi) is 4.37. The van der Waals surface area contributed by atoms with Crippen LogP contribution in [0.3, 0.4) is 0 Å². The molecule has 5 nitrogen and oxygen atoms in total. The average molecular weight is 367 g/mol. The van der Waals surface area contributed by atoms with Gasteiger partial charge >= 0.3 is 6.98 Å². The van der Waals surface area contributed by atoms with Crippen LogP contribution in [0.25, 0.3) is 11.3 Å². The molecule has 2 aromatic heterocycles. The third kappa shape index (κ3) is 2.74. The number of benzene rings is 1. The van der Waals surface area contributed by atoms with Gasteiger partial charge in [-0.2, -0.15) is 5.10 Å². The van der Waals surface area contributed by atoms with Crippen molar-refractivity contribution >= 4 is 30.1 Å². The Bertz CT molecular complexity index is 958. The molecule has 7 heteroatoms. The summed E-state index contributed by atoms with van der Waals surface area (Å²) in [5, 5.41) is 5.07. The Labute approximate surface area is 158 Å². The molecule has 0 radical (unpaired) electrons. The zero-order valence-electron chi connectivity index (χ0n) is 15.1. The van der Waals surface area contributed by atoms with Crippen LogP contribution in [-0.2, 0) is 0 Å². The number of nitrogens with zero attached hydrogens (tertiary/aromatic N) is 4. The summed E-state index contributed by atoms with van der Waals surface area (Å²) in [4.78, 5) is 6.88. The molecule has 0 saturated carbocycles. The monoisotopic (exact) mass is 366 g/mol. The predicted octanol–water partition coefficient (Wildman–Crippen LogP) is 4.81. The fourth-order valence-electron chi connectivity index (χ4n) is 3.55. The summed E-state index contributed by atoms with van der Waals surface area (Å²) in [6.45, 7) is 4.26. The highest BCUT2D eigenvalue weighted by Gasteiger charge is 2.37. The lowest BCUT2D eigenvalue weighted by Crippen LogP contribution is -2.46. The van der Waals surface area contributed by atoms with Crippen molar-refractivity contribution in [3.8, 4) is 17.0 Å². The van der Waals surface area contributed by atoms with Gasteiger partial charge in [0.2, 0.25) is 0 Å². The van der Waals surface area contributed by atoms with Crippen molar-refractivity contribution in [1.29, 1.82) is 0 Å². The van der Waals surface area contributed by atoms with Crippen LogP contribution in [0.1, 0.15) is 18.9 Å². The molecule has 3 aromatic rings. The summed E-state index contributed by atoms with van der Waals surface area (Å²) in [5.41, 5.74) is 4.32. The number of ether oxygens (including phenoxy) is 1. The fraction of sp³-hybridized carbons (Fsp3) is 0.263. The second-order valence-corrected chi connectivity index (χ2v) is 6.90. The zero-order chi connectivity index (χ0) is 18.3. The summed E-state index contributed by atoms with van der Waals surface area (Å²) in [5.74, 6) is 1.71. The van der Waals surface area contributed by atoms with Crippen molar-refractivity contribution in [2.24, 2.45) is 0 Å². The quantitative estimate of drug-likeness (QED) is 0.621. The first-order chi connectivity index (χ1) is 12.6. The first-order valence-corrected chi connectivity index (χ1v) is 9.15.